The number of carboxylic acids is 2. The molecule has 0 aliphatic carbocycles. The SMILES string of the molecule is Cc1c(COc2ncnc(N[C@H](CCC(=O)O)C(=O)O)n2)cccc1-c1ccccc1. The first-order valence-electron chi connectivity index (χ1n) is 9.61. The Hall–Kier alpha value is -4.01. The van der Waals surface area contributed by atoms with Crippen molar-refractivity contribution in [2.24, 2.45) is 0 Å². The van der Waals surface area contributed by atoms with E-state index in [1.807, 2.05) is 55.5 Å². The molecule has 1 aromatic heterocycles. The Balaban J connectivity index is 1.69. The topological polar surface area (TPSA) is 135 Å². The molecule has 0 saturated carbocycles. The molecule has 0 unspecified atom stereocenters. The molecule has 2 aromatic carbocycles. The highest BCUT2D eigenvalue weighted by Crippen LogP contribution is 2.26. The fourth-order valence-electron chi connectivity index (χ4n) is 3.01. The van der Waals surface area contributed by atoms with Gasteiger partial charge in [-0.25, -0.2) is 9.78 Å². The molecule has 0 bridgehead atoms. The van der Waals surface area contributed by atoms with Crippen LogP contribution in [0.2, 0.25) is 0 Å². The molecule has 0 aliphatic heterocycles. The Morgan fingerprint density at radius 3 is 2.55 bits per heavy atom. The van der Waals surface area contributed by atoms with Crippen LogP contribution in [0.25, 0.3) is 11.1 Å². The molecule has 3 N–H and O–H groups in total. The van der Waals surface area contributed by atoms with Crippen molar-refractivity contribution in [2.45, 2.75) is 32.4 Å². The van der Waals surface area contributed by atoms with Crippen molar-refractivity contribution < 1.29 is 24.5 Å². The second-order valence-corrected chi connectivity index (χ2v) is 6.80. The normalized spacial score (nSPS) is 11.5. The predicted molar refractivity (Wildman–Crippen MR) is 113 cm³/mol. The number of nitrogens with one attached hydrogen (secondary N) is 1. The summed E-state index contributed by atoms with van der Waals surface area (Å²) in [5, 5.41) is 20.6. The van der Waals surface area contributed by atoms with E-state index >= 15 is 0 Å². The summed E-state index contributed by atoms with van der Waals surface area (Å²) in [6.07, 6.45) is 0.793. The van der Waals surface area contributed by atoms with Gasteiger partial charge < -0.3 is 20.3 Å². The second kappa shape index (κ2) is 10.1. The minimum absolute atomic E-state index is 0.00227. The van der Waals surface area contributed by atoms with Crippen LogP contribution in [0, 0.1) is 6.92 Å². The number of hydrogen-bond donors (Lipinski definition) is 3. The maximum Gasteiger partial charge on any atom is 0.326 e. The number of benzene rings is 2. The van der Waals surface area contributed by atoms with Crippen LogP contribution in [0.4, 0.5) is 5.95 Å². The second-order valence-electron chi connectivity index (χ2n) is 6.80. The summed E-state index contributed by atoms with van der Waals surface area (Å²) in [5.41, 5.74) is 4.24. The molecular formula is C22H22N4O5. The molecular weight excluding hydrogens is 400 g/mol. The van der Waals surface area contributed by atoms with Crippen molar-refractivity contribution in [3.8, 4) is 17.1 Å². The van der Waals surface area contributed by atoms with E-state index in [9.17, 15) is 14.7 Å². The number of carboxylic acid groups (broad SMARTS) is 2. The number of anilines is 1. The lowest BCUT2D eigenvalue weighted by Crippen LogP contribution is -2.30. The van der Waals surface area contributed by atoms with E-state index in [-0.39, 0.29) is 31.4 Å². The number of aliphatic carboxylic acids is 2. The van der Waals surface area contributed by atoms with Gasteiger partial charge in [-0.3, -0.25) is 4.79 Å². The van der Waals surface area contributed by atoms with Gasteiger partial charge in [-0.1, -0.05) is 48.5 Å². The van der Waals surface area contributed by atoms with E-state index in [1.165, 1.54) is 6.33 Å². The minimum atomic E-state index is -1.20. The number of aromatic nitrogens is 3. The molecule has 3 rings (SSSR count). The third-order valence-corrected chi connectivity index (χ3v) is 4.69. The molecule has 1 atom stereocenters. The molecule has 0 spiro atoms. The van der Waals surface area contributed by atoms with E-state index < -0.39 is 18.0 Å². The maximum atomic E-state index is 11.3. The zero-order chi connectivity index (χ0) is 22.2. The van der Waals surface area contributed by atoms with Gasteiger partial charge >= 0.3 is 17.9 Å². The van der Waals surface area contributed by atoms with Gasteiger partial charge in [0.15, 0.2) is 0 Å². The van der Waals surface area contributed by atoms with E-state index in [0.717, 1.165) is 22.3 Å². The van der Waals surface area contributed by atoms with Crippen LogP contribution in [-0.4, -0.2) is 43.1 Å². The van der Waals surface area contributed by atoms with Crippen molar-refractivity contribution in [3.05, 3.63) is 66.0 Å². The van der Waals surface area contributed by atoms with Crippen LogP contribution in [-0.2, 0) is 16.2 Å². The minimum Gasteiger partial charge on any atom is -0.481 e. The summed E-state index contributed by atoms with van der Waals surface area (Å²) < 4.78 is 5.70. The summed E-state index contributed by atoms with van der Waals surface area (Å²) in [4.78, 5) is 34.0. The van der Waals surface area contributed by atoms with Gasteiger partial charge in [0.1, 0.15) is 19.0 Å². The molecule has 0 radical (unpaired) electrons. The molecule has 0 saturated heterocycles. The molecule has 31 heavy (non-hydrogen) atoms. The summed E-state index contributed by atoms with van der Waals surface area (Å²) >= 11 is 0. The molecule has 1 heterocycles. The van der Waals surface area contributed by atoms with Gasteiger partial charge in [-0.05, 0) is 35.6 Å². The predicted octanol–water partition coefficient (Wildman–Crippen LogP) is 3.16. The smallest absolute Gasteiger partial charge is 0.326 e. The van der Waals surface area contributed by atoms with Gasteiger partial charge in [-0.15, -0.1) is 0 Å². The summed E-state index contributed by atoms with van der Waals surface area (Å²) in [7, 11) is 0. The molecule has 9 heteroatoms. The van der Waals surface area contributed by atoms with E-state index in [2.05, 4.69) is 20.3 Å². The van der Waals surface area contributed by atoms with Crippen LogP contribution in [0.15, 0.2) is 54.9 Å². The fraction of sp³-hybridized carbons (Fsp3) is 0.227. The Kier molecular flexibility index (Phi) is 7.10. The Labute approximate surface area is 178 Å². The van der Waals surface area contributed by atoms with Crippen molar-refractivity contribution in [1.82, 2.24) is 15.0 Å². The summed E-state index contributed by atoms with van der Waals surface area (Å²) in [6.45, 7) is 2.23. The lowest BCUT2D eigenvalue weighted by Gasteiger charge is -2.14. The summed E-state index contributed by atoms with van der Waals surface area (Å²) in [6, 6.07) is 14.9. The molecule has 0 fully saturated rings. The van der Waals surface area contributed by atoms with Gasteiger partial charge in [0.25, 0.3) is 0 Å². The number of carbonyl (C=O) groups is 2. The number of rotatable bonds is 10. The molecule has 9 nitrogen and oxygen atoms in total. The lowest BCUT2D eigenvalue weighted by atomic mass is 9.97. The monoisotopic (exact) mass is 422 g/mol. The summed E-state index contributed by atoms with van der Waals surface area (Å²) in [5.74, 6) is -2.28. The number of ether oxygens (including phenoxy) is 1. The average Bonchev–Trinajstić information content (AvgIpc) is 2.76. The van der Waals surface area contributed by atoms with Gasteiger partial charge in [0.2, 0.25) is 5.95 Å². The van der Waals surface area contributed by atoms with E-state index in [1.54, 1.807) is 0 Å². The van der Waals surface area contributed by atoms with E-state index in [0.29, 0.717) is 0 Å². The van der Waals surface area contributed by atoms with Crippen LogP contribution in [0.3, 0.4) is 0 Å². The molecule has 160 valence electrons. The Morgan fingerprint density at radius 1 is 1.06 bits per heavy atom. The van der Waals surface area contributed by atoms with Gasteiger partial charge in [0, 0.05) is 6.42 Å². The number of hydrogen-bond acceptors (Lipinski definition) is 7. The first-order chi connectivity index (χ1) is 14.9. The molecule has 3 aromatic rings. The van der Waals surface area contributed by atoms with Crippen molar-refractivity contribution in [1.29, 1.82) is 0 Å². The zero-order valence-electron chi connectivity index (χ0n) is 16.9. The van der Waals surface area contributed by atoms with Crippen LogP contribution in [0.1, 0.15) is 24.0 Å². The first kappa shape index (κ1) is 21.7. The van der Waals surface area contributed by atoms with E-state index in [4.69, 9.17) is 9.84 Å². The van der Waals surface area contributed by atoms with Crippen LogP contribution >= 0.6 is 0 Å². The van der Waals surface area contributed by atoms with Crippen LogP contribution in [0.5, 0.6) is 6.01 Å². The highest BCUT2D eigenvalue weighted by molar-refractivity contribution is 5.77. The number of nitrogens with zero attached hydrogens (tertiary/aromatic N) is 3. The van der Waals surface area contributed by atoms with Crippen molar-refractivity contribution in [2.75, 3.05) is 5.32 Å². The highest BCUT2D eigenvalue weighted by Gasteiger charge is 2.20. The standard InChI is InChI=1S/C22H22N4O5/c1-14-16(8-5-9-17(14)15-6-3-2-4-7-15)12-31-22-24-13-23-21(26-22)25-18(20(29)30)10-11-19(27)28/h2-9,13,18H,10-12H2,1H3,(H,27,28)(H,29,30)(H,23,24,25,26)/t18-/m1/s1. The lowest BCUT2D eigenvalue weighted by molar-refractivity contribution is -0.139. The van der Waals surface area contributed by atoms with Crippen molar-refractivity contribution >= 4 is 17.9 Å². The Morgan fingerprint density at radius 2 is 1.84 bits per heavy atom. The maximum absolute atomic E-state index is 11.3. The van der Waals surface area contributed by atoms with Gasteiger partial charge in [0.05, 0.1) is 0 Å². The quantitative estimate of drug-likeness (QED) is 0.450. The molecule has 0 amide bonds. The fourth-order valence-corrected chi connectivity index (χ4v) is 3.01. The zero-order valence-corrected chi connectivity index (χ0v) is 16.9. The third-order valence-electron chi connectivity index (χ3n) is 4.69. The average molecular weight is 422 g/mol. The van der Waals surface area contributed by atoms with Gasteiger partial charge in [-0.2, -0.15) is 9.97 Å². The third kappa shape index (κ3) is 5.99. The van der Waals surface area contributed by atoms with Crippen molar-refractivity contribution in [3.63, 3.8) is 0 Å². The Bertz CT molecular complexity index is 1060. The largest absolute Gasteiger partial charge is 0.481 e. The van der Waals surface area contributed by atoms with Crippen LogP contribution < -0.4 is 10.1 Å². The first-order valence-corrected chi connectivity index (χ1v) is 9.61. The molecule has 0 aliphatic rings. The highest BCUT2D eigenvalue weighted by atomic mass is 16.5.